The number of ketones is 1. The lowest BCUT2D eigenvalue weighted by Gasteiger charge is -2.10. The maximum atomic E-state index is 12.9. The molecule has 0 aromatic heterocycles. The molecular formula is C24H30O3S. The van der Waals surface area contributed by atoms with Crippen LogP contribution in [-0.4, -0.2) is 14.2 Å². The summed E-state index contributed by atoms with van der Waals surface area (Å²) in [7, 11) is -3.48. The Hall–Kier alpha value is -1.94. The topological polar surface area (TPSA) is 51.2 Å². The molecular weight excluding hydrogens is 368 g/mol. The summed E-state index contributed by atoms with van der Waals surface area (Å²) in [5.41, 5.74) is 2.33. The number of sulfone groups is 1. The molecule has 0 aliphatic heterocycles. The highest BCUT2D eigenvalue weighted by molar-refractivity contribution is 7.90. The smallest absolute Gasteiger partial charge is 0.182 e. The fraction of sp³-hybridized carbons (Fsp3) is 0.458. The predicted molar refractivity (Wildman–Crippen MR) is 113 cm³/mol. The number of hydrogen-bond acceptors (Lipinski definition) is 3. The van der Waals surface area contributed by atoms with Gasteiger partial charge in [-0.05, 0) is 48.4 Å². The minimum atomic E-state index is -3.48. The third-order valence-electron chi connectivity index (χ3n) is 5.49. The van der Waals surface area contributed by atoms with E-state index >= 15 is 0 Å². The van der Waals surface area contributed by atoms with Crippen LogP contribution in [0.5, 0.6) is 0 Å². The van der Waals surface area contributed by atoms with Crippen molar-refractivity contribution >= 4 is 15.6 Å². The molecule has 1 aliphatic carbocycles. The highest BCUT2D eigenvalue weighted by Gasteiger charge is 2.24. The van der Waals surface area contributed by atoms with Crippen LogP contribution in [0.25, 0.3) is 0 Å². The van der Waals surface area contributed by atoms with Gasteiger partial charge in [-0.3, -0.25) is 4.79 Å². The lowest BCUT2D eigenvalue weighted by Crippen LogP contribution is -2.10. The first-order chi connectivity index (χ1) is 13.5. The van der Waals surface area contributed by atoms with E-state index < -0.39 is 9.84 Å². The van der Waals surface area contributed by atoms with Crippen molar-refractivity contribution < 1.29 is 13.2 Å². The van der Waals surface area contributed by atoms with Gasteiger partial charge in [-0.15, -0.1) is 0 Å². The molecule has 150 valence electrons. The second kappa shape index (κ2) is 9.51. The van der Waals surface area contributed by atoms with Crippen molar-refractivity contribution in [3.8, 4) is 0 Å². The molecule has 0 bridgehead atoms. The van der Waals surface area contributed by atoms with Crippen LogP contribution in [0.4, 0.5) is 0 Å². The SMILES string of the molecule is CCCCCc1ccc(S(=O)(=O)Cc2ccccc2C(=O)CCC2CC2)cc1. The van der Waals surface area contributed by atoms with Crippen LogP contribution < -0.4 is 0 Å². The molecule has 0 N–H and O–H groups in total. The number of carbonyl (C=O) groups excluding carboxylic acids is 1. The molecule has 3 rings (SSSR count). The molecule has 28 heavy (non-hydrogen) atoms. The molecule has 4 heteroatoms. The van der Waals surface area contributed by atoms with Gasteiger partial charge in [0.1, 0.15) is 0 Å². The van der Waals surface area contributed by atoms with Crippen molar-refractivity contribution in [2.75, 3.05) is 0 Å². The van der Waals surface area contributed by atoms with E-state index in [1.54, 1.807) is 30.3 Å². The van der Waals surface area contributed by atoms with Gasteiger partial charge >= 0.3 is 0 Å². The summed E-state index contributed by atoms with van der Waals surface area (Å²) in [6.45, 7) is 2.17. The molecule has 0 radical (unpaired) electrons. The fourth-order valence-corrected chi connectivity index (χ4v) is 4.90. The zero-order chi connectivity index (χ0) is 20.0. The summed E-state index contributed by atoms with van der Waals surface area (Å²) in [4.78, 5) is 12.9. The molecule has 0 heterocycles. The zero-order valence-corrected chi connectivity index (χ0v) is 17.5. The maximum Gasteiger partial charge on any atom is 0.182 e. The first-order valence-corrected chi connectivity index (χ1v) is 12.1. The van der Waals surface area contributed by atoms with Crippen molar-refractivity contribution in [1.29, 1.82) is 0 Å². The van der Waals surface area contributed by atoms with Crippen molar-refractivity contribution in [2.45, 2.75) is 68.9 Å². The molecule has 0 atom stereocenters. The number of carbonyl (C=O) groups is 1. The average Bonchev–Trinajstić information content (AvgIpc) is 3.51. The third-order valence-corrected chi connectivity index (χ3v) is 7.17. The monoisotopic (exact) mass is 398 g/mol. The van der Waals surface area contributed by atoms with Crippen LogP contribution >= 0.6 is 0 Å². The van der Waals surface area contributed by atoms with Crippen LogP contribution in [0, 0.1) is 5.92 Å². The summed E-state index contributed by atoms with van der Waals surface area (Å²) in [5.74, 6) is 0.618. The predicted octanol–water partition coefficient (Wildman–Crippen LogP) is 5.77. The molecule has 1 aliphatic rings. The van der Waals surface area contributed by atoms with E-state index in [-0.39, 0.29) is 11.5 Å². The van der Waals surface area contributed by atoms with Crippen LogP contribution in [-0.2, 0) is 22.0 Å². The molecule has 0 unspecified atom stereocenters. The second-order valence-electron chi connectivity index (χ2n) is 7.92. The first kappa shape index (κ1) is 20.8. The van der Waals surface area contributed by atoms with E-state index in [1.165, 1.54) is 31.2 Å². The molecule has 0 amide bonds. The van der Waals surface area contributed by atoms with Gasteiger partial charge in [0.15, 0.2) is 15.6 Å². The Morgan fingerprint density at radius 3 is 2.39 bits per heavy atom. The Labute approximate surface area is 169 Å². The first-order valence-electron chi connectivity index (χ1n) is 10.4. The van der Waals surface area contributed by atoms with Crippen molar-refractivity contribution in [2.24, 2.45) is 5.92 Å². The highest BCUT2D eigenvalue weighted by atomic mass is 32.2. The fourth-order valence-electron chi connectivity index (χ4n) is 3.53. The van der Waals surface area contributed by atoms with Crippen molar-refractivity contribution in [3.05, 3.63) is 65.2 Å². The number of aryl methyl sites for hydroxylation is 1. The largest absolute Gasteiger partial charge is 0.294 e. The Morgan fingerprint density at radius 1 is 1.00 bits per heavy atom. The lowest BCUT2D eigenvalue weighted by atomic mass is 10.0. The standard InChI is InChI=1S/C24H30O3S/c1-2-3-4-7-19-12-15-22(16-13-19)28(26,27)18-21-8-5-6-9-23(21)24(25)17-14-20-10-11-20/h5-6,8-9,12-13,15-16,20H,2-4,7,10-11,14,17-18H2,1H3. The highest BCUT2D eigenvalue weighted by Crippen LogP contribution is 2.34. The summed E-state index contributed by atoms with van der Waals surface area (Å²) in [5, 5.41) is 0. The molecule has 2 aromatic rings. The third kappa shape index (κ3) is 5.78. The molecule has 1 saturated carbocycles. The van der Waals surface area contributed by atoms with Crippen molar-refractivity contribution in [1.82, 2.24) is 0 Å². The molecule has 1 fully saturated rings. The number of Topliss-reactive ketones (excluding diaryl/α,β-unsaturated/α-hetero) is 1. The minimum Gasteiger partial charge on any atom is -0.294 e. The summed E-state index contributed by atoms with van der Waals surface area (Å²) >= 11 is 0. The van der Waals surface area contributed by atoms with Gasteiger partial charge in [0.2, 0.25) is 0 Å². The molecule has 0 saturated heterocycles. The van der Waals surface area contributed by atoms with E-state index in [9.17, 15) is 13.2 Å². The Balaban J connectivity index is 1.70. The van der Waals surface area contributed by atoms with Crippen LogP contribution in [0.15, 0.2) is 53.4 Å². The van der Waals surface area contributed by atoms with Gasteiger partial charge < -0.3 is 0 Å². The average molecular weight is 399 g/mol. The van der Waals surface area contributed by atoms with E-state index in [4.69, 9.17) is 0 Å². The lowest BCUT2D eigenvalue weighted by molar-refractivity contribution is 0.0977. The number of rotatable bonds is 11. The van der Waals surface area contributed by atoms with Gasteiger partial charge in [-0.2, -0.15) is 0 Å². The van der Waals surface area contributed by atoms with E-state index in [2.05, 4.69) is 6.92 Å². The number of benzene rings is 2. The summed E-state index contributed by atoms with van der Waals surface area (Å²) in [6.07, 6.45) is 8.32. The van der Waals surface area contributed by atoms with E-state index in [1.807, 2.05) is 18.2 Å². The van der Waals surface area contributed by atoms with Crippen molar-refractivity contribution in [3.63, 3.8) is 0 Å². The van der Waals surface area contributed by atoms with E-state index in [0.717, 1.165) is 19.3 Å². The van der Waals surface area contributed by atoms with Crippen LogP contribution in [0.2, 0.25) is 0 Å². The summed E-state index contributed by atoms with van der Waals surface area (Å²) in [6, 6.07) is 14.4. The molecule has 2 aromatic carbocycles. The Kier molecular flexibility index (Phi) is 7.06. The normalized spacial score (nSPS) is 14.2. The maximum absolute atomic E-state index is 12.9. The zero-order valence-electron chi connectivity index (χ0n) is 16.7. The molecule has 0 spiro atoms. The van der Waals surface area contributed by atoms with Crippen LogP contribution in [0.3, 0.4) is 0 Å². The van der Waals surface area contributed by atoms with Crippen LogP contribution in [0.1, 0.15) is 73.4 Å². The van der Waals surface area contributed by atoms with E-state index in [0.29, 0.717) is 28.4 Å². The molecule has 3 nitrogen and oxygen atoms in total. The quantitative estimate of drug-likeness (QED) is 0.357. The van der Waals surface area contributed by atoms with Gasteiger partial charge in [0.05, 0.1) is 10.6 Å². The second-order valence-corrected chi connectivity index (χ2v) is 9.91. The number of unbranched alkanes of at least 4 members (excludes halogenated alkanes) is 2. The van der Waals surface area contributed by atoms with Gasteiger partial charge in [0.25, 0.3) is 0 Å². The summed E-state index contributed by atoms with van der Waals surface area (Å²) < 4.78 is 25.8. The van der Waals surface area contributed by atoms with Gasteiger partial charge in [-0.1, -0.05) is 69.0 Å². The Bertz CT molecular complexity index is 894. The van der Waals surface area contributed by atoms with Gasteiger partial charge in [0, 0.05) is 12.0 Å². The number of hydrogen-bond donors (Lipinski definition) is 0. The van der Waals surface area contributed by atoms with Gasteiger partial charge in [-0.25, -0.2) is 8.42 Å². The minimum absolute atomic E-state index is 0.0592. The Morgan fingerprint density at radius 2 is 1.71 bits per heavy atom.